The molecule has 0 saturated heterocycles. The first-order valence-electron chi connectivity index (χ1n) is 6.58. The van der Waals surface area contributed by atoms with E-state index in [2.05, 4.69) is 4.72 Å². The standard InChI is InChI=1S/C14H23FN2O3S/c1-10-6-12(15)7-11(2)13(10)21(19,20)16-8-14(3,18)9-17(4)5/h6-7,16,18H,8-9H2,1-5H3. The molecule has 1 aromatic rings. The Morgan fingerprint density at radius 1 is 1.29 bits per heavy atom. The summed E-state index contributed by atoms with van der Waals surface area (Å²) in [6.45, 7) is 4.84. The SMILES string of the molecule is Cc1cc(F)cc(C)c1S(=O)(=O)NCC(C)(O)CN(C)C. The molecular formula is C14H23FN2O3S. The van der Waals surface area contributed by atoms with Gasteiger partial charge < -0.3 is 10.0 Å². The lowest BCUT2D eigenvalue weighted by Crippen LogP contribution is -2.47. The third kappa shape index (κ3) is 5.03. The van der Waals surface area contributed by atoms with Crippen molar-refractivity contribution >= 4 is 10.0 Å². The van der Waals surface area contributed by atoms with Crippen molar-refractivity contribution in [3.05, 3.63) is 29.1 Å². The molecule has 21 heavy (non-hydrogen) atoms. The monoisotopic (exact) mass is 318 g/mol. The van der Waals surface area contributed by atoms with Crippen LogP contribution in [0.1, 0.15) is 18.1 Å². The van der Waals surface area contributed by atoms with Gasteiger partial charge in [0.15, 0.2) is 0 Å². The highest BCUT2D eigenvalue weighted by Crippen LogP contribution is 2.21. The van der Waals surface area contributed by atoms with Crippen molar-refractivity contribution in [1.29, 1.82) is 0 Å². The van der Waals surface area contributed by atoms with Crippen LogP contribution in [-0.4, -0.2) is 51.2 Å². The second-order valence-electron chi connectivity index (χ2n) is 5.93. The predicted molar refractivity (Wildman–Crippen MR) is 80.2 cm³/mol. The Balaban J connectivity index is 2.98. The molecular weight excluding hydrogens is 295 g/mol. The highest BCUT2D eigenvalue weighted by atomic mass is 32.2. The summed E-state index contributed by atoms with van der Waals surface area (Å²) in [5, 5.41) is 10.1. The third-order valence-electron chi connectivity index (χ3n) is 2.99. The van der Waals surface area contributed by atoms with Crippen LogP contribution in [0.2, 0.25) is 0 Å². The van der Waals surface area contributed by atoms with E-state index >= 15 is 0 Å². The van der Waals surface area contributed by atoms with Gasteiger partial charge in [0.05, 0.1) is 10.5 Å². The summed E-state index contributed by atoms with van der Waals surface area (Å²) in [5.74, 6) is -0.469. The quantitative estimate of drug-likeness (QED) is 0.822. The summed E-state index contributed by atoms with van der Waals surface area (Å²) in [6, 6.07) is 2.36. The third-order valence-corrected chi connectivity index (χ3v) is 4.70. The Labute approximate surface area is 125 Å². The van der Waals surface area contributed by atoms with Crippen molar-refractivity contribution in [1.82, 2.24) is 9.62 Å². The van der Waals surface area contributed by atoms with E-state index in [0.29, 0.717) is 17.7 Å². The smallest absolute Gasteiger partial charge is 0.241 e. The van der Waals surface area contributed by atoms with Crippen molar-refractivity contribution in [3.8, 4) is 0 Å². The lowest BCUT2D eigenvalue weighted by Gasteiger charge is -2.27. The number of aliphatic hydroxyl groups is 1. The molecule has 0 spiro atoms. The fourth-order valence-corrected chi connectivity index (χ4v) is 3.99. The van der Waals surface area contributed by atoms with E-state index in [1.165, 1.54) is 12.1 Å². The fourth-order valence-electron chi connectivity index (χ4n) is 2.38. The average molecular weight is 318 g/mol. The summed E-state index contributed by atoms with van der Waals surface area (Å²) in [4.78, 5) is 1.83. The van der Waals surface area contributed by atoms with Gasteiger partial charge in [-0.3, -0.25) is 0 Å². The molecule has 5 nitrogen and oxygen atoms in total. The average Bonchev–Trinajstić information content (AvgIpc) is 2.23. The van der Waals surface area contributed by atoms with Crippen molar-refractivity contribution < 1.29 is 17.9 Å². The molecule has 0 saturated carbocycles. The van der Waals surface area contributed by atoms with E-state index in [9.17, 15) is 17.9 Å². The molecule has 120 valence electrons. The van der Waals surface area contributed by atoms with Crippen molar-refractivity contribution in [2.45, 2.75) is 31.3 Å². The number of aryl methyl sites for hydroxylation is 2. The minimum atomic E-state index is -3.80. The predicted octanol–water partition coefficient (Wildman–Crippen LogP) is 1.03. The van der Waals surface area contributed by atoms with Gasteiger partial charge in [-0.05, 0) is 58.1 Å². The van der Waals surface area contributed by atoms with Gasteiger partial charge in [-0.25, -0.2) is 17.5 Å². The zero-order valence-corrected chi connectivity index (χ0v) is 13.9. The Hall–Kier alpha value is -1.02. The number of benzene rings is 1. The maximum absolute atomic E-state index is 13.3. The second-order valence-corrected chi connectivity index (χ2v) is 7.63. The van der Waals surface area contributed by atoms with Crippen molar-refractivity contribution in [2.75, 3.05) is 27.2 Å². The molecule has 1 unspecified atom stereocenters. The van der Waals surface area contributed by atoms with Crippen LogP contribution in [0.25, 0.3) is 0 Å². The largest absolute Gasteiger partial charge is 0.387 e. The van der Waals surface area contributed by atoms with Crippen LogP contribution in [-0.2, 0) is 10.0 Å². The van der Waals surface area contributed by atoms with E-state index in [-0.39, 0.29) is 11.4 Å². The van der Waals surface area contributed by atoms with E-state index in [4.69, 9.17) is 0 Å². The lowest BCUT2D eigenvalue weighted by atomic mass is 10.1. The summed E-state index contributed by atoms with van der Waals surface area (Å²) < 4.78 is 40.4. The zero-order chi connectivity index (χ0) is 16.4. The molecule has 7 heteroatoms. The normalized spacial score (nSPS) is 15.2. The highest BCUT2D eigenvalue weighted by Gasteiger charge is 2.26. The lowest BCUT2D eigenvalue weighted by molar-refractivity contribution is 0.0386. The van der Waals surface area contributed by atoms with Gasteiger partial charge in [0.2, 0.25) is 10.0 Å². The maximum Gasteiger partial charge on any atom is 0.241 e. The molecule has 0 fully saturated rings. The van der Waals surface area contributed by atoms with Gasteiger partial charge in [0.1, 0.15) is 5.82 Å². The first-order chi connectivity index (χ1) is 9.44. The van der Waals surface area contributed by atoms with Crippen molar-refractivity contribution in [3.63, 3.8) is 0 Å². The number of rotatable bonds is 6. The Bertz CT molecular complexity index is 590. The highest BCUT2D eigenvalue weighted by molar-refractivity contribution is 7.89. The molecule has 1 aromatic carbocycles. The van der Waals surface area contributed by atoms with Crippen LogP contribution >= 0.6 is 0 Å². The molecule has 0 amide bonds. The summed E-state index contributed by atoms with van der Waals surface area (Å²) in [6.07, 6.45) is 0. The molecule has 0 bridgehead atoms. The van der Waals surface area contributed by atoms with Crippen LogP contribution in [0.3, 0.4) is 0 Å². The Morgan fingerprint density at radius 3 is 2.19 bits per heavy atom. The Morgan fingerprint density at radius 2 is 1.76 bits per heavy atom. The van der Waals surface area contributed by atoms with Crippen LogP contribution < -0.4 is 4.72 Å². The summed E-state index contributed by atoms with van der Waals surface area (Å²) in [5.41, 5.74) is -0.516. The topological polar surface area (TPSA) is 69.6 Å². The Kier molecular flexibility index (Phi) is 5.49. The fraction of sp³-hybridized carbons (Fsp3) is 0.571. The van der Waals surface area contributed by atoms with Crippen LogP contribution in [0.5, 0.6) is 0 Å². The first-order valence-corrected chi connectivity index (χ1v) is 8.06. The van der Waals surface area contributed by atoms with E-state index in [0.717, 1.165) is 0 Å². The molecule has 0 aliphatic rings. The molecule has 1 rings (SSSR count). The number of nitrogens with one attached hydrogen (secondary N) is 1. The van der Waals surface area contributed by atoms with Crippen LogP contribution in [0.15, 0.2) is 17.0 Å². The number of hydrogen-bond acceptors (Lipinski definition) is 4. The number of nitrogens with zero attached hydrogens (tertiary/aromatic N) is 1. The van der Waals surface area contributed by atoms with Gasteiger partial charge in [-0.15, -0.1) is 0 Å². The van der Waals surface area contributed by atoms with E-state index < -0.39 is 21.4 Å². The van der Waals surface area contributed by atoms with Crippen LogP contribution in [0, 0.1) is 19.7 Å². The molecule has 1 atom stereocenters. The summed E-state index contributed by atoms with van der Waals surface area (Å²) in [7, 11) is -0.225. The van der Waals surface area contributed by atoms with Crippen molar-refractivity contribution in [2.24, 2.45) is 0 Å². The molecule has 0 radical (unpaired) electrons. The summed E-state index contributed by atoms with van der Waals surface area (Å²) >= 11 is 0. The number of likely N-dealkylation sites (N-methyl/N-ethyl adjacent to an activating group) is 1. The van der Waals surface area contributed by atoms with Gasteiger partial charge in [-0.1, -0.05) is 0 Å². The van der Waals surface area contributed by atoms with E-state index in [1.807, 2.05) is 0 Å². The minimum Gasteiger partial charge on any atom is -0.387 e. The second kappa shape index (κ2) is 6.39. The molecule has 0 heterocycles. The molecule has 0 aliphatic heterocycles. The van der Waals surface area contributed by atoms with Gasteiger partial charge >= 0.3 is 0 Å². The number of halogens is 1. The van der Waals surface area contributed by atoms with E-state index in [1.54, 1.807) is 39.8 Å². The number of sulfonamides is 1. The maximum atomic E-state index is 13.3. The minimum absolute atomic E-state index is 0.0598. The van der Waals surface area contributed by atoms with Gasteiger partial charge in [0.25, 0.3) is 0 Å². The van der Waals surface area contributed by atoms with Crippen LogP contribution in [0.4, 0.5) is 4.39 Å². The first kappa shape index (κ1) is 18.0. The molecule has 0 aromatic heterocycles. The number of hydrogen-bond donors (Lipinski definition) is 2. The van der Waals surface area contributed by atoms with Gasteiger partial charge in [0, 0.05) is 13.1 Å². The molecule has 0 aliphatic carbocycles. The zero-order valence-electron chi connectivity index (χ0n) is 13.1. The van der Waals surface area contributed by atoms with Gasteiger partial charge in [-0.2, -0.15) is 0 Å². The molecule has 2 N–H and O–H groups in total.